The Kier molecular flexibility index (Phi) is 5.85. The number of aryl methyl sites for hydroxylation is 1. The second kappa shape index (κ2) is 8.68. The largest absolute Gasteiger partial charge is 0.379 e. The number of morpholine rings is 1. The van der Waals surface area contributed by atoms with E-state index in [0.717, 1.165) is 18.0 Å². The summed E-state index contributed by atoms with van der Waals surface area (Å²) in [6, 6.07) is 14.1. The lowest BCUT2D eigenvalue weighted by Gasteiger charge is -2.35. The van der Waals surface area contributed by atoms with Gasteiger partial charge in [0.25, 0.3) is 5.91 Å². The number of aromatic nitrogens is 1. The minimum atomic E-state index is -0.225. The van der Waals surface area contributed by atoms with E-state index in [1.165, 1.54) is 11.1 Å². The van der Waals surface area contributed by atoms with Crippen LogP contribution in [-0.4, -0.2) is 48.8 Å². The maximum absolute atomic E-state index is 12.6. The topological polar surface area (TPSA) is 67.6 Å². The van der Waals surface area contributed by atoms with Gasteiger partial charge in [-0.05, 0) is 23.9 Å². The van der Waals surface area contributed by atoms with E-state index in [1.807, 2.05) is 17.5 Å². The number of rotatable bonds is 6. The lowest BCUT2D eigenvalue weighted by atomic mass is 10.0. The van der Waals surface area contributed by atoms with Crippen LogP contribution in [-0.2, 0) is 4.74 Å². The summed E-state index contributed by atoms with van der Waals surface area (Å²) in [6.07, 6.45) is 0. The number of amides is 1. The lowest BCUT2D eigenvalue weighted by Crippen LogP contribution is -2.43. The normalized spacial score (nSPS) is 16.0. The molecule has 0 bridgehead atoms. The van der Waals surface area contributed by atoms with Crippen molar-refractivity contribution in [1.82, 2.24) is 15.4 Å². The minimum absolute atomic E-state index is 0.0946. The van der Waals surface area contributed by atoms with Gasteiger partial charge in [0.1, 0.15) is 0 Å². The second-order valence-corrected chi connectivity index (χ2v) is 7.79. The average molecular weight is 398 g/mol. The van der Waals surface area contributed by atoms with Crippen LogP contribution in [0.2, 0.25) is 0 Å². The molecule has 1 aliphatic heterocycles. The Balaban J connectivity index is 1.46. The van der Waals surface area contributed by atoms with Gasteiger partial charge in [0.2, 0.25) is 0 Å². The maximum Gasteiger partial charge on any atom is 0.273 e. The summed E-state index contributed by atoms with van der Waals surface area (Å²) in [4.78, 5) is 15.9. The van der Waals surface area contributed by atoms with Crippen LogP contribution in [0.4, 0.5) is 0 Å². The number of thiophene rings is 1. The fourth-order valence-electron chi connectivity index (χ4n) is 3.33. The molecule has 1 saturated heterocycles. The molecule has 6 nitrogen and oxygen atoms in total. The molecule has 0 saturated carbocycles. The lowest BCUT2D eigenvalue weighted by molar-refractivity contribution is 0.0162. The van der Waals surface area contributed by atoms with Gasteiger partial charge in [0.15, 0.2) is 11.5 Å². The molecule has 146 valence electrons. The Hall–Kier alpha value is -2.48. The number of nitrogens with zero attached hydrogens (tertiary/aromatic N) is 2. The molecule has 1 aliphatic rings. The predicted molar refractivity (Wildman–Crippen MR) is 108 cm³/mol. The number of carbonyl (C=O) groups is 1. The highest BCUT2D eigenvalue weighted by molar-refractivity contribution is 7.13. The van der Waals surface area contributed by atoms with Gasteiger partial charge in [-0.3, -0.25) is 9.69 Å². The Morgan fingerprint density at radius 3 is 2.75 bits per heavy atom. The van der Waals surface area contributed by atoms with Gasteiger partial charge in [-0.1, -0.05) is 41.1 Å². The quantitative estimate of drug-likeness (QED) is 0.689. The highest BCUT2D eigenvalue weighted by Crippen LogP contribution is 2.25. The number of nitrogens with one attached hydrogen (secondary N) is 1. The standard InChI is InChI=1S/C21H23N3O3S/c1-15-4-6-16(7-5-15)18(24-8-10-26-11-9-24)14-22-21(25)17-13-19(27-23-17)20-3-2-12-28-20/h2-7,12-13,18H,8-11,14H2,1H3,(H,22,25)/t18-/m1/s1. The van der Waals surface area contributed by atoms with E-state index >= 15 is 0 Å². The van der Waals surface area contributed by atoms with Crippen molar-refractivity contribution in [3.8, 4) is 10.6 Å². The molecule has 1 atom stereocenters. The van der Waals surface area contributed by atoms with Gasteiger partial charge in [-0.15, -0.1) is 11.3 Å². The van der Waals surface area contributed by atoms with Crippen LogP contribution < -0.4 is 5.32 Å². The van der Waals surface area contributed by atoms with Crippen molar-refractivity contribution in [2.75, 3.05) is 32.8 Å². The zero-order valence-electron chi connectivity index (χ0n) is 15.8. The summed E-state index contributed by atoms with van der Waals surface area (Å²) in [5, 5.41) is 8.92. The molecular formula is C21H23N3O3S. The average Bonchev–Trinajstić information content (AvgIpc) is 3.42. The van der Waals surface area contributed by atoms with Gasteiger partial charge >= 0.3 is 0 Å². The number of hydrogen-bond donors (Lipinski definition) is 1. The zero-order chi connectivity index (χ0) is 19.3. The van der Waals surface area contributed by atoms with Gasteiger partial charge in [0.05, 0.1) is 24.1 Å². The Labute approximate surface area is 168 Å². The van der Waals surface area contributed by atoms with E-state index in [1.54, 1.807) is 17.4 Å². The van der Waals surface area contributed by atoms with Crippen molar-refractivity contribution >= 4 is 17.2 Å². The minimum Gasteiger partial charge on any atom is -0.379 e. The SMILES string of the molecule is Cc1ccc([C@@H](CNC(=O)c2cc(-c3cccs3)on2)N2CCOCC2)cc1. The van der Waals surface area contributed by atoms with E-state index in [-0.39, 0.29) is 11.9 Å². The fourth-order valence-corrected chi connectivity index (χ4v) is 4.01. The Morgan fingerprint density at radius 1 is 1.25 bits per heavy atom. The van der Waals surface area contributed by atoms with Crippen molar-refractivity contribution < 1.29 is 14.1 Å². The summed E-state index contributed by atoms with van der Waals surface area (Å²) < 4.78 is 10.8. The second-order valence-electron chi connectivity index (χ2n) is 6.84. The van der Waals surface area contributed by atoms with E-state index in [4.69, 9.17) is 9.26 Å². The molecule has 1 amide bonds. The molecular weight excluding hydrogens is 374 g/mol. The molecule has 0 unspecified atom stereocenters. The third kappa shape index (κ3) is 4.32. The van der Waals surface area contributed by atoms with Crippen molar-refractivity contribution in [2.24, 2.45) is 0 Å². The van der Waals surface area contributed by atoms with Gasteiger partial charge < -0.3 is 14.6 Å². The molecule has 0 radical (unpaired) electrons. The summed E-state index contributed by atoms with van der Waals surface area (Å²) >= 11 is 1.55. The van der Waals surface area contributed by atoms with Crippen LogP contribution in [0.1, 0.15) is 27.7 Å². The summed E-state index contributed by atoms with van der Waals surface area (Å²) in [7, 11) is 0. The number of benzene rings is 1. The zero-order valence-corrected chi connectivity index (χ0v) is 16.6. The van der Waals surface area contributed by atoms with Crippen molar-refractivity contribution in [2.45, 2.75) is 13.0 Å². The van der Waals surface area contributed by atoms with Crippen LogP contribution in [0, 0.1) is 6.92 Å². The summed E-state index contributed by atoms with van der Waals surface area (Å²) in [5.41, 5.74) is 2.71. The fraction of sp³-hybridized carbons (Fsp3) is 0.333. The molecule has 0 aliphatic carbocycles. The Morgan fingerprint density at radius 2 is 2.04 bits per heavy atom. The summed E-state index contributed by atoms with van der Waals surface area (Å²) in [5.74, 6) is 0.389. The monoisotopic (exact) mass is 397 g/mol. The van der Waals surface area contributed by atoms with Crippen LogP contribution >= 0.6 is 11.3 Å². The van der Waals surface area contributed by atoms with Crippen molar-refractivity contribution in [1.29, 1.82) is 0 Å². The third-order valence-corrected chi connectivity index (χ3v) is 5.80. The molecule has 3 aromatic rings. The smallest absolute Gasteiger partial charge is 0.273 e. The van der Waals surface area contributed by atoms with Gasteiger partial charge in [-0.2, -0.15) is 0 Å². The molecule has 3 heterocycles. The number of carbonyl (C=O) groups excluding carboxylic acids is 1. The van der Waals surface area contributed by atoms with E-state index in [0.29, 0.717) is 31.2 Å². The van der Waals surface area contributed by atoms with Gasteiger partial charge in [0, 0.05) is 25.7 Å². The number of hydrogen-bond acceptors (Lipinski definition) is 6. The first-order valence-corrected chi connectivity index (χ1v) is 10.3. The van der Waals surface area contributed by atoms with E-state index in [9.17, 15) is 4.79 Å². The third-order valence-electron chi connectivity index (χ3n) is 4.91. The highest BCUT2D eigenvalue weighted by Gasteiger charge is 2.24. The predicted octanol–water partition coefficient (Wildman–Crippen LogP) is 3.51. The molecule has 2 aromatic heterocycles. The molecule has 28 heavy (non-hydrogen) atoms. The van der Waals surface area contributed by atoms with Crippen LogP contribution in [0.25, 0.3) is 10.6 Å². The maximum atomic E-state index is 12.6. The molecule has 1 fully saturated rings. The number of ether oxygens (including phenoxy) is 1. The van der Waals surface area contributed by atoms with Crippen LogP contribution in [0.5, 0.6) is 0 Å². The first-order valence-electron chi connectivity index (χ1n) is 9.38. The van der Waals surface area contributed by atoms with Gasteiger partial charge in [-0.25, -0.2) is 0 Å². The van der Waals surface area contributed by atoms with Crippen molar-refractivity contribution in [3.05, 3.63) is 64.7 Å². The molecule has 7 heteroatoms. The van der Waals surface area contributed by atoms with Crippen LogP contribution in [0.3, 0.4) is 0 Å². The van der Waals surface area contributed by atoms with E-state index in [2.05, 4.69) is 46.6 Å². The molecule has 4 rings (SSSR count). The first-order chi connectivity index (χ1) is 13.7. The molecule has 1 N–H and O–H groups in total. The van der Waals surface area contributed by atoms with Crippen LogP contribution in [0.15, 0.2) is 52.4 Å². The molecule has 1 aromatic carbocycles. The highest BCUT2D eigenvalue weighted by atomic mass is 32.1. The first kappa shape index (κ1) is 18.9. The Bertz CT molecular complexity index is 899. The van der Waals surface area contributed by atoms with E-state index < -0.39 is 0 Å². The van der Waals surface area contributed by atoms with Crippen molar-refractivity contribution in [3.63, 3.8) is 0 Å². The molecule has 0 spiro atoms. The summed E-state index contributed by atoms with van der Waals surface area (Å²) in [6.45, 7) is 5.70.